The van der Waals surface area contributed by atoms with Gasteiger partial charge < -0.3 is 10.4 Å². The fourth-order valence-electron chi connectivity index (χ4n) is 3.21. The Kier molecular flexibility index (Phi) is 5.22. The van der Waals surface area contributed by atoms with E-state index in [1.54, 1.807) is 0 Å². The molecular weight excluding hydrogens is 280 g/mol. The lowest BCUT2D eigenvalue weighted by atomic mass is 10.0. The number of rotatable bonds is 5. The fourth-order valence-corrected chi connectivity index (χ4v) is 4.50. The standard InChI is InChI=1S/C17H26N2OS/c20-17(8-11-21-14-17)13-18-16-6-9-19(10-7-16)12-15-4-2-1-3-5-15/h1-5,16,18,20H,6-14H2. The molecule has 2 fully saturated rings. The molecule has 2 saturated heterocycles. The zero-order valence-corrected chi connectivity index (χ0v) is 13.4. The van der Waals surface area contributed by atoms with Crippen LogP contribution in [0, 0.1) is 0 Å². The lowest BCUT2D eigenvalue weighted by Gasteiger charge is -2.34. The van der Waals surface area contributed by atoms with Gasteiger partial charge in [0.2, 0.25) is 0 Å². The maximum absolute atomic E-state index is 10.4. The molecule has 1 unspecified atom stereocenters. The molecule has 2 aliphatic rings. The van der Waals surface area contributed by atoms with Gasteiger partial charge in [-0.1, -0.05) is 30.3 Å². The average molecular weight is 306 g/mol. The van der Waals surface area contributed by atoms with Crippen molar-refractivity contribution < 1.29 is 5.11 Å². The smallest absolute Gasteiger partial charge is 0.0869 e. The highest BCUT2D eigenvalue weighted by atomic mass is 32.2. The predicted octanol–water partition coefficient (Wildman–Crippen LogP) is 2.11. The third-order valence-corrected chi connectivity index (χ3v) is 5.87. The molecule has 0 saturated carbocycles. The molecule has 0 aliphatic carbocycles. The van der Waals surface area contributed by atoms with Crippen molar-refractivity contribution in [1.82, 2.24) is 10.2 Å². The molecule has 4 heteroatoms. The lowest BCUT2D eigenvalue weighted by molar-refractivity contribution is 0.0603. The third kappa shape index (κ3) is 4.46. The van der Waals surface area contributed by atoms with Crippen molar-refractivity contribution in [2.24, 2.45) is 0 Å². The number of aliphatic hydroxyl groups is 1. The highest BCUT2D eigenvalue weighted by molar-refractivity contribution is 7.99. The minimum atomic E-state index is -0.453. The van der Waals surface area contributed by atoms with Crippen molar-refractivity contribution >= 4 is 11.8 Å². The molecular formula is C17H26N2OS. The van der Waals surface area contributed by atoms with E-state index in [9.17, 15) is 5.11 Å². The SMILES string of the molecule is OC1(CNC2CCN(Cc3ccccc3)CC2)CCSC1. The van der Waals surface area contributed by atoms with Crippen LogP contribution in [-0.2, 0) is 6.54 Å². The van der Waals surface area contributed by atoms with E-state index in [4.69, 9.17) is 0 Å². The largest absolute Gasteiger partial charge is 0.388 e. The van der Waals surface area contributed by atoms with Gasteiger partial charge in [0.05, 0.1) is 5.60 Å². The highest BCUT2D eigenvalue weighted by Gasteiger charge is 2.32. The van der Waals surface area contributed by atoms with Gasteiger partial charge in [-0.25, -0.2) is 0 Å². The Hall–Kier alpha value is -0.550. The molecule has 1 aromatic rings. The van der Waals surface area contributed by atoms with Crippen LogP contribution < -0.4 is 5.32 Å². The second-order valence-corrected chi connectivity index (χ2v) is 7.55. The van der Waals surface area contributed by atoms with Gasteiger partial charge in [0.15, 0.2) is 0 Å². The summed E-state index contributed by atoms with van der Waals surface area (Å²) in [6.45, 7) is 4.14. The first-order valence-corrected chi connectivity index (χ1v) is 9.19. The van der Waals surface area contributed by atoms with Crippen molar-refractivity contribution in [3.05, 3.63) is 35.9 Å². The number of nitrogens with zero attached hydrogens (tertiary/aromatic N) is 1. The quantitative estimate of drug-likeness (QED) is 0.873. The molecule has 3 rings (SSSR count). The van der Waals surface area contributed by atoms with Crippen LogP contribution in [0.4, 0.5) is 0 Å². The summed E-state index contributed by atoms with van der Waals surface area (Å²) in [5.74, 6) is 2.00. The summed E-state index contributed by atoms with van der Waals surface area (Å²) in [6.07, 6.45) is 3.32. The summed E-state index contributed by atoms with van der Waals surface area (Å²) in [4.78, 5) is 2.54. The second kappa shape index (κ2) is 7.14. The van der Waals surface area contributed by atoms with E-state index in [2.05, 4.69) is 40.5 Å². The summed E-state index contributed by atoms with van der Waals surface area (Å²) < 4.78 is 0. The molecule has 2 N–H and O–H groups in total. The molecule has 2 heterocycles. The Bertz CT molecular complexity index is 426. The Labute approximate surface area is 132 Å². The van der Waals surface area contributed by atoms with E-state index in [0.29, 0.717) is 6.04 Å². The van der Waals surface area contributed by atoms with Gasteiger partial charge in [0.25, 0.3) is 0 Å². The van der Waals surface area contributed by atoms with Crippen LogP contribution in [0.15, 0.2) is 30.3 Å². The number of piperidine rings is 1. The minimum Gasteiger partial charge on any atom is -0.388 e. The van der Waals surface area contributed by atoms with Gasteiger partial charge in [-0.2, -0.15) is 11.8 Å². The van der Waals surface area contributed by atoms with Crippen LogP contribution in [0.1, 0.15) is 24.8 Å². The monoisotopic (exact) mass is 306 g/mol. The first-order valence-electron chi connectivity index (χ1n) is 8.03. The van der Waals surface area contributed by atoms with Gasteiger partial charge in [0, 0.05) is 24.9 Å². The number of thioether (sulfide) groups is 1. The molecule has 1 atom stereocenters. The van der Waals surface area contributed by atoms with Crippen LogP contribution >= 0.6 is 11.8 Å². The van der Waals surface area contributed by atoms with E-state index in [1.807, 2.05) is 11.8 Å². The highest BCUT2D eigenvalue weighted by Crippen LogP contribution is 2.27. The molecule has 116 valence electrons. The Morgan fingerprint density at radius 1 is 1.24 bits per heavy atom. The Balaban J connectivity index is 1.39. The molecule has 0 aromatic heterocycles. The number of nitrogens with one attached hydrogen (secondary N) is 1. The van der Waals surface area contributed by atoms with Gasteiger partial charge in [0.1, 0.15) is 0 Å². The molecule has 0 amide bonds. The van der Waals surface area contributed by atoms with Gasteiger partial charge in [-0.05, 0) is 43.7 Å². The number of likely N-dealkylation sites (tertiary alicyclic amines) is 1. The van der Waals surface area contributed by atoms with Gasteiger partial charge in [-0.3, -0.25) is 4.90 Å². The van der Waals surface area contributed by atoms with E-state index < -0.39 is 5.60 Å². The van der Waals surface area contributed by atoms with Crippen molar-refractivity contribution in [3.8, 4) is 0 Å². The van der Waals surface area contributed by atoms with E-state index in [0.717, 1.165) is 44.1 Å². The normalized spacial score (nSPS) is 28.0. The fraction of sp³-hybridized carbons (Fsp3) is 0.647. The predicted molar refractivity (Wildman–Crippen MR) is 89.6 cm³/mol. The van der Waals surface area contributed by atoms with Crippen LogP contribution in [0.3, 0.4) is 0 Å². The van der Waals surface area contributed by atoms with Crippen LogP contribution in [0.5, 0.6) is 0 Å². The third-order valence-electron chi connectivity index (χ3n) is 4.64. The molecule has 0 spiro atoms. The summed E-state index contributed by atoms with van der Waals surface area (Å²) in [6, 6.07) is 11.3. The number of hydrogen-bond donors (Lipinski definition) is 2. The van der Waals surface area contributed by atoms with E-state index in [-0.39, 0.29) is 0 Å². The van der Waals surface area contributed by atoms with Crippen molar-refractivity contribution in [3.63, 3.8) is 0 Å². The maximum Gasteiger partial charge on any atom is 0.0869 e. The average Bonchev–Trinajstić information content (AvgIpc) is 2.95. The Morgan fingerprint density at radius 3 is 2.67 bits per heavy atom. The second-order valence-electron chi connectivity index (χ2n) is 6.44. The molecule has 0 radical (unpaired) electrons. The molecule has 2 aliphatic heterocycles. The van der Waals surface area contributed by atoms with Gasteiger partial charge in [-0.15, -0.1) is 0 Å². The molecule has 0 bridgehead atoms. The first-order chi connectivity index (χ1) is 10.2. The zero-order chi connectivity index (χ0) is 14.5. The minimum absolute atomic E-state index is 0.453. The topological polar surface area (TPSA) is 35.5 Å². The van der Waals surface area contributed by atoms with Crippen LogP contribution in [0.2, 0.25) is 0 Å². The van der Waals surface area contributed by atoms with Crippen molar-refractivity contribution in [1.29, 1.82) is 0 Å². The molecule has 1 aromatic carbocycles. The summed E-state index contributed by atoms with van der Waals surface area (Å²) in [5, 5.41) is 14.0. The van der Waals surface area contributed by atoms with Crippen molar-refractivity contribution in [2.75, 3.05) is 31.1 Å². The summed E-state index contributed by atoms with van der Waals surface area (Å²) in [7, 11) is 0. The van der Waals surface area contributed by atoms with Gasteiger partial charge >= 0.3 is 0 Å². The summed E-state index contributed by atoms with van der Waals surface area (Å²) >= 11 is 1.87. The van der Waals surface area contributed by atoms with Crippen molar-refractivity contribution in [2.45, 2.75) is 37.5 Å². The van der Waals surface area contributed by atoms with E-state index in [1.165, 1.54) is 18.4 Å². The van der Waals surface area contributed by atoms with Crippen LogP contribution in [-0.4, -0.2) is 52.8 Å². The Morgan fingerprint density at radius 2 is 2.00 bits per heavy atom. The molecule has 3 nitrogen and oxygen atoms in total. The number of benzene rings is 1. The summed E-state index contributed by atoms with van der Waals surface area (Å²) in [5.41, 5.74) is 0.951. The maximum atomic E-state index is 10.4. The first kappa shape index (κ1) is 15.3. The lowest BCUT2D eigenvalue weighted by Crippen LogP contribution is -2.48. The zero-order valence-electron chi connectivity index (χ0n) is 12.6. The number of hydrogen-bond acceptors (Lipinski definition) is 4. The van der Waals surface area contributed by atoms with Crippen LogP contribution in [0.25, 0.3) is 0 Å². The molecule has 21 heavy (non-hydrogen) atoms. The van der Waals surface area contributed by atoms with E-state index >= 15 is 0 Å².